The molecule has 2 N–H and O–H groups in total. The molecule has 0 atom stereocenters. The summed E-state index contributed by atoms with van der Waals surface area (Å²) >= 11 is 0. The number of carboxylic acid groups (broad SMARTS) is 1. The second-order valence-corrected chi connectivity index (χ2v) is 11.9. The smallest absolute Gasteiger partial charge is 0.323 e. The zero-order valence-electron chi connectivity index (χ0n) is 27.8. The maximum atomic E-state index is 14.3. The quantitative estimate of drug-likeness (QED) is 0.136. The van der Waals surface area contributed by atoms with Crippen LogP contribution in [-0.2, 0) is 22.6 Å². The molecule has 0 unspecified atom stereocenters. The number of anilines is 1. The van der Waals surface area contributed by atoms with Crippen molar-refractivity contribution in [2.24, 2.45) is 0 Å². The van der Waals surface area contributed by atoms with Crippen molar-refractivity contribution < 1.29 is 33.1 Å². The Bertz CT molecular complexity index is 2160. The van der Waals surface area contributed by atoms with Gasteiger partial charge in [-0.2, -0.15) is 4.98 Å². The summed E-state index contributed by atoms with van der Waals surface area (Å²) in [4.78, 5) is 43.3. The van der Waals surface area contributed by atoms with Gasteiger partial charge in [0.2, 0.25) is 11.7 Å². The molecule has 10 nitrogen and oxygen atoms in total. The summed E-state index contributed by atoms with van der Waals surface area (Å²) in [5.41, 5.74) is 6.39. The number of methoxy groups -OCH3 is 1. The number of aliphatic carboxylic acids is 1. The molecule has 256 valence electrons. The molecule has 0 saturated carbocycles. The lowest BCUT2D eigenvalue weighted by Crippen LogP contribution is -2.35. The van der Waals surface area contributed by atoms with E-state index in [1.807, 2.05) is 24.3 Å². The van der Waals surface area contributed by atoms with Gasteiger partial charge in [-0.05, 0) is 71.6 Å². The van der Waals surface area contributed by atoms with Crippen molar-refractivity contribution in [1.29, 1.82) is 0 Å². The number of amides is 2. The van der Waals surface area contributed by atoms with Crippen molar-refractivity contribution in [3.8, 4) is 39.7 Å². The molecule has 6 rings (SSSR count). The van der Waals surface area contributed by atoms with Gasteiger partial charge in [0.05, 0.1) is 13.5 Å². The number of carbonyl (C=O) groups is 3. The van der Waals surface area contributed by atoms with Crippen LogP contribution < -0.4 is 10.1 Å². The topological polar surface area (TPSA) is 135 Å². The molecule has 0 radical (unpaired) electrons. The van der Waals surface area contributed by atoms with Gasteiger partial charge in [0.25, 0.3) is 11.8 Å². The molecule has 0 aliphatic heterocycles. The van der Waals surface area contributed by atoms with E-state index in [1.54, 1.807) is 30.3 Å². The minimum Gasteiger partial charge on any atom is -0.497 e. The third-order valence-corrected chi connectivity index (χ3v) is 8.17. The van der Waals surface area contributed by atoms with Gasteiger partial charge in [0, 0.05) is 35.0 Å². The van der Waals surface area contributed by atoms with Crippen LogP contribution in [0.2, 0.25) is 0 Å². The second kappa shape index (κ2) is 15.3. The van der Waals surface area contributed by atoms with Crippen LogP contribution in [0.5, 0.6) is 5.75 Å². The van der Waals surface area contributed by atoms with Gasteiger partial charge in [-0.15, -0.1) is 0 Å². The summed E-state index contributed by atoms with van der Waals surface area (Å²) < 4.78 is 24.8. The van der Waals surface area contributed by atoms with Crippen molar-refractivity contribution in [2.45, 2.75) is 19.9 Å². The Labute approximate surface area is 293 Å². The fourth-order valence-corrected chi connectivity index (χ4v) is 5.41. The Hall–Kier alpha value is -6.62. The third kappa shape index (κ3) is 8.52. The number of ether oxygens (including phenoxy) is 1. The first kappa shape index (κ1) is 34.3. The second-order valence-electron chi connectivity index (χ2n) is 11.9. The fraction of sp³-hybridized carbons (Fsp3) is 0.125. The number of hydrogen-bond donors (Lipinski definition) is 2. The zero-order chi connectivity index (χ0) is 35.9. The molecule has 0 bridgehead atoms. The number of carboxylic acids is 1. The van der Waals surface area contributed by atoms with Gasteiger partial charge in [-0.1, -0.05) is 77.5 Å². The summed E-state index contributed by atoms with van der Waals surface area (Å²) in [5.74, 6) is -1.56. The van der Waals surface area contributed by atoms with Crippen LogP contribution in [0.4, 0.5) is 10.1 Å². The summed E-state index contributed by atoms with van der Waals surface area (Å²) in [6, 6.07) is 33.6. The monoisotopic (exact) mass is 684 g/mol. The van der Waals surface area contributed by atoms with Crippen molar-refractivity contribution in [3.63, 3.8) is 0 Å². The molecule has 11 heteroatoms. The molecule has 2 amide bonds. The maximum Gasteiger partial charge on any atom is 0.323 e. The molecule has 1 heterocycles. The highest BCUT2D eigenvalue weighted by Crippen LogP contribution is 2.27. The highest BCUT2D eigenvalue weighted by molar-refractivity contribution is 5.97. The van der Waals surface area contributed by atoms with E-state index in [9.17, 15) is 23.9 Å². The minimum atomic E-state index is -1.17. The Balaban J connectivity index is 1.08. The van der Waals surface area contributed by atoms with Crippen LogP contribution in [0.1, 0.15) is 27.0 Å². The maximum absolute atomic E-state index is 14.3. The van der Waals surface area contributed by atoms with Crippen molar-refractivity contribution >= 4 is 23.5 Å². The summed E-state index contributed by atoms with van der Waals surface area (Å²) in [6.07, 6.45) is -0.196. The third-order valence-electron chi connectivity index (χ3n) is 8.17. The Kier molecular flexibility index (Phi) is 10.3. The number of nitrogens with zero attached hydrogens (tertiary/aromatic N) is 3. The Morgan fingerprint density at radius 1 is 0.824 bits per heavy atom. The number of hydrogen-bond acceptors (Lipinski definition) is 7. The molecule has 5 aromatic carbocycles. The normalized spacial score (nSPS) is 10.8. The van der Waals surface area contributed by atoms with E-state index in [2.05, 4.69) is 46.6 Å². The molecule has 51 heavy (non-hydrogen) atoms. The molecule has 0 spiro atoms. The first-order chi connectivity index (χ1) is 24.6. The lowest BCUT2D eigenvalue weighted by molar-refractivity contribution is -0.137. The zero-order valence-corrected chi connectivity index (χ0v) is 27.8. The Morgan fingerprint density at radius 2 is 1.45 bits per heavy atom. The Morgan fingerprint density at radius 3 is 2.08 bits per heavy atom. The average Bonchev–Trinajstić information content (AvgIpc) is 3.63. The van der Waals surface area contributed by atoms with Gasteiger partial charge in [-0.25, -0.2) is 4.39 Å². The van der Waals surface area contributed by atoms with Crippen LogP contribution in [0.15, 0.2) is 120 Å². The number of aromatic nitrogens is 2. The average molecular weight is 685 g/mol. The largest absolute Gasteiger partial charge is 0.497 e. The standard InChI is InChI=1S/C40H33FN4O6/c1-25-3-7-27(8-4-25)28-11-13-29(14-12-28)38-43-39(51-44-38)30-9-5-26(6-10-30)23-45(24-37(47)48)40(49)31-15-18-33(19-16-31)42-36(46)21-32-17-20-34(50-2)22-35(32)41/h3-20,22H,21,23-24H2,1-2H3,(H,42,46)(H,47,48). The summed E-state index contributed by atoms with van der Waals surface area (Å²) in [6.45, 7) is 1.55. The highest BCUT2D eigenvalue weighted by atomic mass is 19.1. The van der Waals surface area contributed by atoms with Gasteiger partial charge < -0.3 is 24.6 Å². The molecule has 6 aromatic rings. The van der Waals surface area contributed by atoms with Crippen molar-refractivity contribution in [2.75, 3.05) is 19.0 Å². The lowest BCUT2D eigenvalue weighted by atomic mass is 10.0. The van der Waals surface area contributed by atoms with E-state index in [0.29, 0.717) is 34.3 Å². The number of nitrogens with one attached hydrogen (secondary N) is 1. The van der Waals surface area contributed by atoms with E-state index in [0.717, 1.165) is 16.7 Å². The molecule has 0 aliphatic carbocycles. The van der Waals surface area contributed by atoms with Gasteiger partial charge in [0.15, 0.2) is 0 Å². The lowest BCUT2D eigenvalue weighted by Gasteiger charge is -2.21. The molecule has 0 aliphatic rings. The SMILES string of the molecule is COc1ccc(CC(=O)Nc2ccc(C(=O)N(CC(=O)O)Cc3ccc(-c4nc(-c5ccc(-c6ccc(C)cc6)cc5)no4)cc3)cc2)c(F)c1. The van der Waals surface area contributed by atoms with Crippen LogP contribution >= 0.6 is 0 Å². The first-order valence-corrected chi connectivity index (χ1v) is 16.0. The van der Waals surface area contributed by atoms with E-state index in [1.165, 1.54) is 54.0 Å². The van der Waals surface area contributed by atoms with E-state index >= 15 is 0 Å². The van der Waals surface area contributed by atoms with Crippen LogP contribution in [0.3, 0.4) is 0 Å². The number of benzene rings is 5. The minimum absolute atomic E-state index is 0.0275. The number of rotatable bonds is 12. The van der Waals surface area contributed by atoms with Gasteiger partial charge in [-0.3, -0.25) is 14.4 Å². The van der Waals surface area contributed by atoms with Crippen LogP contribution in [0.25, 0.3) is 34.0 Å². The first-order valence-electron chi connectivity index (χ1n) is 16.0. The predicted octanol–water partition coefficient (Wildman–Crippen LogP) is 7.43. The molecule has 1 aromatic heterocycles. The summed E-state index contributed by atoms with van der Waals surface area (Å²) in [5, 5.41) is 16.4. The molecule has 0 fully saturated rings. The number of aryl methyl sites for hydroxylation is 1. The van der Waals surface area contributed by atoms with Crippen molar-refractivity contribution in [3.05, 3.63) is 143 Å². The predicted molar refractivity (Wildman–Crippen MR) is 189 cm³/mol. The van der Waals surface area contributed by atoms with E-state index in [-0.39, 0.29) is 24.1 Å². The summed E-state index contributed by atoms with van der Waals surface area (Å²) in [7, 11) is 1.43. The van der Waals surface area contributed by atoms with Crippen LogP contribution in [-0.4, -0.2) is 51.6 Å². The number of carbonyl (C=O) groups excluding carboxylic acids is 2. The van der Waals surface area contributed by atoms with E-state index < -0.39 is 30.1 Å². The highest BCUT2D eigenvalue weighted by Gasteiger charge is 2.20. The molecule has 0 saturated heterocycles. The van der Waals surface area contributed by atoms with Gasteiger partial charge in [0.1, 0.15) is 18.1 Å². The van der Waals surface area contributed by atoms with Crippen LogP contribution in [0, 0.1) is 12.7 Å². The van der Waals surface area contributed by atoms with E-state index in [4.69, 9.17) is 9.26 Å². The van der Waals surface area contributed by atoms with Gasteiger partial charge >= 0.3 is 5.97 Å². The fourth-order valence-electron chi connectivity index (χ4n) is 5.41. The molecular weight excluding hydrogens is 651 g/mol. The number of halogens is 1. The van der Waals surface area contributed by atoms with Crippen molar-refractivity contribution in [1.82, 2.24) is 15.0 Å². The molecular formula is C40H33FN4O6.